The van der Waals surface area contributed by atoms with Crippen LogP contribution in [0.4, 0.5) is 31.5 Å². The Morgan fingerprint density at radius 1 is 1.12 bits per heavy atom. The van der Waals surface area contributed by atoms with Gasteiger partial charge < -0.3 is 14.3 Å². The van der Waals surface area contributed by atoms with Crippen LogP contribution in [0, 0.1) is 0 Å². The summed E-state index contributed by atoms with van der Waals surface area (Å²) in [6.07, 6.45) is -10.3. The zero-order chi connectivity index (χ0) is 23.2. The van der Waals surface area contributed by atoms with Gasteiger partial charge in [-0.25, -0.2) is 13.2 Å². The van der Waals surface area contributed by atoms with E-state index in [1.54, 1.807) is 0 Å². The van der Waals surface area contributed by atoms with Crippen LogP contribution in [0.1, 0.15) is 17.0 Å². The van der Waals surface area contributed by atoms with Crippen molar-refractivity contribution in [2.24, 2.45) is 0 Å². The van der Waals surface area contributed by atoms with E-state index >= 15 is 0 Å². The molecule has 1 aliphatic heterocycles. The number of hydrogen-bond acceptors (Lipinski definition) is 8. The Balaban J connectivity index is 0.00000272. The zero-order valence-electron chi connectivity index (χ0n) is 16.8. The number of aromatic nitrogens is 2. The maximum absolute atomic E-state index is 13.3. The summed E-state index contributed by atoms with van der Waals surface area (Å²) in [4.78, 5) is 12.1. The molecule has 1 aliphatic rings. The molecule has 1 fully saturated rings. The molecule has 0 saturated carbocycles. The quantitative estimate of drug-likeness (QED) is 0.232. The fourth-order valence-electron chi connectivity index (χ4n) is 3.17. The maximum Gasteiger partial charge on any atom is 1.00 e. The van der Waals surface area contributed by atoms with Gasteiger partial charge in [-0.3, -0.25) is 0 Å². The van der Waals surface area contributed by atoms with Gasteiger partial charge in [0.25, 0.3) is 0 Å². The molecule has 1 saturated heterocycles. The van der Waals surface area contributed by atoms with Gasteiger partial charge in [0.1, 0.15) is 6.04 Å². The zero-order valence-corrected chi connectivity index (χ0v) is 21.6. The summed E-state index contributed by atoms with van der Waals surface area (Å²) >= 11 is 0.0807. The van der Waals surface area contributed by atoms with Crippen LogP contribution in [-0.4, -0.2) is 49.5 Å². The van der Waals surface area contributed by atoms with E-state index < -0.39 is 73.0 Å². The van der Waals surface area contributed by atoms with Crippen molar-refractivity contribution in [3.63, 3.8) is 0 Å². The maximum atomic E-state index is 13.3. The Bertz CT molecular complexity index is 1090. The monoisotopic (exact) mass is 547 g/mol. The molecular formula is C16H13F7KN3O4S2. The van der Waals surface area contributed by atoms with Crippen molar-refractivity contribution in [2.45, 2.75) is 35.0 Å². The van der Waals surface area contributed by atoms with Crippen molar-refractivity contribution >= 4 is 32.3 Å². The number of alkyl halides is 6. The van der Waals surface area contributed by atoms with E-state index in [0.717, 1.165) is 30.2 Å². The van der Waals surface area contributed by atoms with E-state index in [1.165, 1.54) is 0 Å². The molecule has 178 valence electrons. The number of hydrogen-bond donors (Lipinski definition) is 0. The van der Waals surface area contributed by atoms with Crippen LogP contribution in [0.3, 0.4) is 0 Å². The van der Waals surface area contributed by atoms with E-state index in [-0.39, 0.29) is 67.4 Å². The summed E-state index contributed by atoms with van der Waals surface area (Å²) in [5.74, 6) is -0.967. The third kappa shape index (κ3) is 6.23. The van der Waals surface area contributed by atoms with Crippen LogP contribution in [-0.2, 0) is 31.7 Å². The van der Waals surface area contributed by atoms with Crippen LogP contribution in [0.25, 0.3) is 0 Å². The van der Waals surface area contributed by atoms with Gasteiger partial charge in [0.05, 0.1) is 22.8 Å². The van der Waals surface area contributed by atoms with E-state index in [0.29, 0.717) is 6.07 Å². The molecule has 2 aromatic rings. The molecule has 1 aromatic heterocycles. The Hall–Kier alpha value is -0.854. The topological polar surface area (TPSA) is 89.5 Å². The number of anilines is 1. The molecule has 0 spiro atoms. The second kappa shape index (κ2) is 10.8. The number of benzene rings is 1. The van der Waals surface area contributed by atoms with Gasteiger partial charge in [0.2, 0.25) is 10.1 Å². The molecule has 0 aliphatic carbocycles. The average molecular weight is 548 g/mol. The third-order valence-electron chi connectivity index (χ3n) is 4.58. The average Bonchev–Trinajstić information content (AvgIpc) is 3.34. The summed E-state index contributed by atoms with van der Waals surface area (Å²) in [6, 6.07) is 2.18. The minimum atomic E-state index is -4.95. The minimum absolute atomic E-state index is 0. The summed E-state index contributed by atoms with van der Waals surface area (Å²) in [5, 5.41) is 3.12. The van der Waals surface area contributed by atoms with E-state index in [4.69, 9.17) is 0 Å². The predicted molar refractivity (Wildman–Crippen MR) is 95.1 cm³/mol. The number of carbonyl (C=O) groups excluding carboxylic acids is 1. The SMILES string of the molecule is COC(=O)[C@@H]1C[C@@H](S(=O)(=O)c2ccccc2C(F)(F)F)CN1c1nnc(C(F)(F)F)s1.[F-].[K+]. The second-order valence-corrected chi connectivity index (χ2v) is 9.63. The van der Waals surface area contributed by atoms with Crippen LogP contribution < -0.4 is 61.0 Å². The van der Waals surface area contributed by atoms with Gasteiger partial charge >= 0.3 is 69.7 Å². The van der Waals surface area contributed by atoms with Crippen LogP contribution in [0.15, 0.2) is 29.2 Å². The molecule has 0 unspecified atom stereocenters. The number of methoxy groups -OCH3 is 1. The first-order valence-corrected chi connectivity index (χ1v) is 10.8. The molecule has 0 N–H and O–H groups in total. The first-order chi connectivity index (χ1) is 14.3. The molecule has 0 bridgehead atoms. The number of ether oxygens (including phenoxy) is 1. The summed E-state index contributed by atoms with van der Waals surface area (Å²) in [7, 11) is -3.64. The molecule has 3 rings (SSSR count). The van der Waals surface area contributed by atoms with Gasteiger partial charge in [0.15, 0.2) is 9.84 Å². The smallest absolute Gasteiger partial charge is 1.00 e. The Kier molecular flexibility index (Phi) is 9.90. The molecule has 2 atom stereocenters. The largest absolute Gasteiger partial charge is 1.00 e. The summed E-state index contributed by atoms with van der Waals surface area (Å²) in [5.41, 5.74) is -1.38. The summed E-state index contributed by atoms with van der Waals surface area (Å²) < 4.78 is 109. The minimum Gasteiger partial charge on any atom is -1.00 e. The van der Waals surface area contributed by atoms with Crippen LogP contribution in [0.2, 0.25) is 0 Å². The Labute approximate surface area is 229 Å². The van der Waals surface area contributed by atoms with Crippen LogP contribution in [0.5, 0.6) is 0 Å². The Morgan fingerprint density at radius 2 is 1.73 bits per heavy atom. The fourth-order valence-corrected chi connectivity index (χ4v) is 5.85. The number of rotatable bonds is 4. The van der Waals surface area contributed by atoms with Crippen molar-refractivity contribution in [3.8, 4) is 0 Å². The van der Waals surface area contributed by atoms with Crippen LogP contribution >= 0.6 is 11.3 Å². The number of sulfone groups is 1. The van der Waals surface area contributed by atoms with E-state index in [1.807, 2.05) is 0 Å². The van der Waals surface area contributed by atoms with Crippen molar-refractivity contribution in [3.05, 3.63) is 34.8 Å². The normalized spacial score (nSPS) is 18.9. The van der Waals surface area contributed by atoms with Crippen molar-refractivity contribution < 1.29 is 100 Å². The number of esters is 1. The first kappa shape index (κ1) is 30.2. The Morgan fingerprint density at radius 3 is 2.24 bits per heavy atom. The van der Waals surface area contributed by atoms with Crippen molar-refractivity contribution in [1.29, 1.82) is 0 Å². The van der Waals surface area contributed by atoms with Gasteiger partial charge in [-0.05, 0) is 18.6 Å². The van der Waals surface area contributed by atoms with Gasteiger partial charge in [-0.2, -0.15) is 26.3 Å². The molecule has 33 heavy (non-hydrogen) atoms. The van der Waals surface area contributed by atoms with Crippen molar-refractivity contribution in [1.82, 2.24) is 10.2 Å². The van der Waals surface area contributed by atoms with Gasteiger partial charge in [0, 0.05) is 6.54 Å². The molecule has 7 nitrogen and oxygen atoms in total. The van der Waals surface area contributed by atoms with Crippen molar-refractivity contribution in [2.75, 3.05) is 18.6 Å². The van der Waals surface area contributed by atoms with Gasteiger partial charge in [-0.1, -0.05) is 23.5 Å². The number of halogens is 7. The fraction of sp³-hybridized carbons (Fsp3) is 0.438. The van der Waals surface area contributed by atoms with Gasteiger partial charge in [-0.15, -0.1) is 10.2 Å². The predicted octanol–water partition coefficient (Wildman–Crippen LogP) is -2.82. The number of nitrogens with zero attached hydrogens (tertiary/aromatic N) is 3. The van der Waals surface area contributed by atoms with E-state index in [2.05, 4.69) is 14.9 Å². The number of carbonyl (C=O) groups is 1. The molecule has 0 amide bonds. The molecule has 1 aromatic carbocycles. The summed E-state index contributed by atoms with van der Waals surface area (Å²) in [6.45, 7) is -0.569. The molecule has 2 heterocycles. The molecule has 0 radical (unpaired) electrons. The first-order valence-electron chi connectivity index (χ1n) is 8.42. The molecule has 17 heteroatoms. The standard InChI is InChI=1S/C16H13F6N3O4S2.FH.K/c1-29-12(26)10-6-8(7-25(10)14-24-23-13(30-14)16(20,21)22)31(27,28)11-5-3-2-4-9(11)15(17,18)19;;/h2-5,8,10H,6-7H2,1H3;1H;/q;;+1/p-1/t8-,10+;;/m1../s1. The second-order valence-electron chi connectivity index (χ2n) is 6.48. The molecular weight excluding hydrogens is 534 g/mol. The van der Waals surface area contributed by atoms with E-state index in [9.17, 15) is 39.6 Å². The third-order valence-corrected chi connectivity index (χ3v) is 7.77.